The second-order valence-corrected chi connectivity index (χ2v) is 9.14. The number of benzene rings is 1. The quantitative estimate of drug-likeness (QED) is 0.565. The predicted octanol–water partition coefficient (Wildman–Crippen LogP) is 2.55. The lowest BCUT2D eigenvalue weighted by Crippen LogP contribution is -2.54. The summed E-state index contributed by atoms with van der Waals surface area (Å²) >= 11 is 6.76. The minimum absolute atomic E-state index is 1.10. The summed E-state index contributed by atoms with van der Waals surface area (Å²) in [4.78, 5) is 0. The van der Waals surface area contributed by atoms with Crippen molar-refractivity contribution in [2.24, 2.45) is 0 Å². The Morgan fingerprint density at radius 2 is 1.79 bits per heavy atom. The van der Waals surface area contributed by atoms with E-state index in [1.165, 1.54) is 5.19 Å². The molecular weight excluding hydrogens is 210 g/mol. The average Bonchev–Trinajstić information content (AvgIpc) is 2.19. The van der Waals surface area contributed by atoms with Crippen LogP contribution < -0.4 is 5.19 Å². The second-order valence-electron chi connectivity index (χ2n) is 3.77. The molecule has 0 radical (unpaired) electrons. The fraction of sp³-hybridized carbons (Fsp3) is 0.455. The highest BCUT2D eigenvalue weighted by molar-refractivity contribution is 7.25. The van der Waals surface area contributed by atoms with Crippen LogP contribution in [0.3, 0.4) is 0 Å². The number of rotatable bonds is 4. The molecule has 1 aromatic carbocycles. The molecule has 0 aliphatic rings. The molecule has 78 valence electrons. The monoisotopic (exact) mass is 227 g/mol. The van der Waals surface area contributed by atoms with Gasteiger partial charge in [0.2, 0.25) is 0 Å². The van der Waals surface area contributed by atoms with Gasteiger partial charge in [0.25, 0.3) is 7.55 Å². The molecule has 0 fully saturated rings. The largest absolute Gasteiger partial charge is 0.314 e. The maximum Gasteiger partial charge on any atom is 0.259 e. The van der Waals surface area contributed by atoms with Crippen molar-refractivity contribution < 1.29 is 0 Å². The Kier molecular flexibility index (Phi) is 4.17. The fourth-order valence-electron chi connectivity index (χ4n) is 1.65. The molecule has 1 unspecified atom stereocenters. The normalized spacial score (nSPS) is 15.5. The summed E-state index contributed by atoms with van der Waals surface area (Å²) in [7, 11) is 2.27. The Morgan fingerprint density at radius 1 is 1.21 bits per heavy atom. The van der Waals surface area contributed by atoms with Gasteiger partial charge in [-0.2, -0.15) is 0 Å². The van der Waals surface area contributed by atoms with Crippen LogP contribution >= 0.6 is 11.1 Å². The molecule has 0 bridgehead atoms. The summed E-state index contributed by atoms with van der Waals surface area (Å²) in [5, 5.41) is 1.31. The highest BCUT2D eigenvalue weighted by Crippen LogP contribution is 2.19. The van der Waals surface area contributed by atoms with Crippen LogP contribution in [0.5, 0.6) is 0 Å². The van der Waals surface area contributed by atoms with E-state index in [1.54, 1.807) is 0 Å². The topological polar surface area (TPSA) is 3.24 Å². The lowest BCUT2D eigenvalue weighted by Gasteiger charge is -2.31. The molecule has 0 saturated heterocycles. The van der Waals surface area contributed by atoms with Crippen molar-refractivity contribution in [1.82, 2.24) is 4.57 Å². The molecular formula is C11H18ClNSi. The number of hydrogen-bond acceptors (Lipinski definition) is 1. The molecule has 1 nitrogen and oxygen atoms in total. The number of halogens is 1. The first-order valence-electron chi connectivity index (χ1n) is 5.03. The highest BCUT2D eigenvalue weighted by atomic mass is 35.6. The van der Waals surface area contributed by atoms with Crippen molar-refractivity contribution >= 4 is 23.8 Å². The van der Waals surface area contributed by atoms with E-state index in [9.17, 15) is 0 Å². The Morgan fingerprint density at radius 3 is 2.21 bits per heavy atom. The van der Waals surface area contributed by atoms with Crippen LogP contribution in [0.15, 0.2) is 30.3 Å². The third-order valence-electron chi connectivity index (χ3n) is 2.51. The van der Waals surface area contributed by atoms with E-state index >= 15 is 0 Å². The van der Waals surface area contributed by atoms with E-state index in [-0.39, 0.29) is 0 Å². The van der Waals surface area contributed by atoms with E-state index in [0.717, 1.165) is 12.5 Å². The smallest absolute Gasteiger partial charge is 0.259 e. The first kappa shape index (κ1) is 11.8. The van der Waals surface area contributed by atoms with Gasteiger partial charge in [0, 0.05) is 0 Å². The lowest BCUT2D eigenvalue weighted by atomic mass is 10.4. The van der Waals surface area contributed by atoms with Gasteiger partial charge in [-0.1, -0.05) is 43.7 Å². The van der Waals surface area contributed by atoms with Crippen molar-refractivity contribution in [3.63, 3.8) is 0 Å². The summed E-state index contributed by atoms with van der Waals surface area (Å²) in [6, 6.07) is 11.6. The van der Waals surface area contributed by atoms with Crippen molar-refractivity contribution in [3.05, 3.63) is 30.3 Å². The zero-order chi connectivity index (χ0) is 10.6. The van der Waals surface area contributed by atoms with Crippen molar-refractivity contribution in [2.45, 2.75) is 19.4 Å². The van der Waals surface area contributed by atoms with Gasteiger partial charge >= 0.3 is 0 Å². The first-order valence-corrected chi connectivity index (χ1v) is 8.19. The van der Waals surface area contributed by atoms with Gasteiger partial charge in [-0.15, -0.1) is 11.1 Å². The zero-order valence-electron chi connectivity index (χ0n) is 9.13. The van der Waals surface area contributed by atoms with Gasteiger partial charge in [-0.05, 0) is 25.3 Å². The lowest BCUT2D eigenvalue weighted by molar-refractivity contribution is 0.634. The van der Waals surface area contributed by atoms with Crippen molar-refractivity contribution in [1.29, 1.82) is 0 Å². The van der Waals surface area contributed by atoms with Gasteiger partial charge in [0.05, 0.1) is 0 Å². The van der Waals surface area contributed by atoms with Crippen LogP contribution in [0.2, 0.25) is 6.04 Å². The van der Waals surface area contributed by atoms with Crippen LogP contribution in [-0.2, 0) is 0 Å². The standard InChI is InChI=1S/C11H18ClNSi/c1-4-10-14(12,13(2)3)11-8-6-5-7-9-11/h5-9H,4,10H2,1-3H3. The molecule has 1 atom stereocenters. The number of hydrogen-bond donors (Lipinski definition) is 0. The first-order chi connectivity index (χ1) is 6.61. The molecule has 0 spiro atoms. The summed E-state index contributed by atoms with van der Waals surface area (Å²) in [5.74, 6) is 0. The van der Waals surface area contributed by atoms with Gasteiger partial charge in [-0.25, -0.2) is 0 Å². The maximum absolute atomic E-state index is 6.76. The van der Waals surface area contributed by atoms with Crippen LogP contribution in [-0.4, -0.2) is 26.2 Å². The Bertz CT molecular complexity index is 276. The van der Waals surface area contributed by atoms with Gasteiger partial charge in [0.15, 0.2) is 0 Å². The second kappa shape index (κ2) is 4.96. The van der Waals surface area contributed by atoms with Gasteiger partial charge in [0.1, 0.15) is 0 Å². The summed E-state index contributed by atoms with van der Waals surface area (Å²) < 4.78 is 2.22. The zero-order valence-corrected chi connectivity index (χ0v) is 10.9. The fourth-order valence-corrected chi connectivity index (χ4v) is 5.21. The van der Waals surface area contributed by atoms with E-state index < -0.39 is 7.55 Å². The predicted molar refractivity (Wildman–Crippen MR) is 66.5 cm³/mol. The van der Waals surface area contributed by atoms with E-state index in [2.05, 4.69) is 49.9 Å². The molecule has 0 aromatic heterocycles. The Labute approximate surface area is 92.5 Å². The Hall–Kier alpha value is -0.313. The third-order valence-corrected chi connectivity index (χ3v) is 8.54. The van der Waals surface area contributed by atoms with Gasteiger partial charge < -0.3 is 4.57 Å². The molecule has 0 aliphatic heterocycles. The minimum atomic E-state index is -1.90. The third kappa shape index (κ3) is 2.38. The summed E-state index contributed by atoms with van der Waals surface area (Å²) in [5.41, 5.74) is 0. The van der Waals surface area contributed by atoms with Gasteiger partial charge in [-0.3, -0.25) is 0 Å². The summed E-state index contributed by atoms with van der Waals surface area (Å²) in [6.45, 7) is 2.19. The molecule has 0 amide bonds. The van der Waals surface area contributed by atoms with E-state index in [1.807, 2.05) is 6.07 Å². The van der Waals surface area contributed by atoms with Crippen LogP contribution in [0.1, 0.15) is 13.3 Å². The molecule has 0 saturated carbocycles. The van der Waals surface area contributed by atoms with Crippen molar-refractivity contribution in [2.75, 3.05) is 14.1 Å². The number of nitrogens with zero attached hydrogens (tertiary/aromatic N) is 1. The van der Waals surface area contributed by atoms with Crippen LogP contribution in [0, 0.1) is 0 Å². The van der Waals surface area contributed by atoms with Crippen LogP contribution in [0.25, 0.3) is 0 Å². The molecule has 3 heteroatoms. The molecule has 0 aliphatic carbocycles. The molecule has 1 rings (SSSR count). The molecule has 0 heterocycles. The summed E-state index contributed by atoms with van der Waals surface area (Å²) in [6.07, 6.45) is 1.14. The van der Waals surface area contributed by atoms with E-state index in [4.69, 9.17) is 11.1 Å². The van der Waals surface area contributed by atoms with Crippen LogP contribution in [0.4, 0.5) is 0 Å². The molecule has 14 heavy (non-hydrogen) atoms. The van der Waals surface area contributed by atoms with Crippen molar-refractivity contribution in [3.8, 4) is 0 Å². The average molecular weight is 228 g/mol. The minimum Gasteiger partial charge on any atom is -0.314 e. The molecule has 0 N–H and O–H groups in total. The molecule has 1 aromatic rings. The van der Waals surface area contributed by atoms with E-state index in [0.29, 0.717) is 0 Å². The SMILES string of the molecule is CCC[Si](Cl)(c1ccccc1)N(C)C. The Balaban J connectivity index is 2.99. The maximum atomic E-state index is 6.76. The highest BCUT2D eigenvalue weighted by Gasteiger charge is 2.34.